The number of fused-ring (bicyclic) bond motifs is 2. The summed E-state index contributed by atoms with van der Waals surface area (Å²) in [7, 11) is 0. The van der Waals surface area contributed by atoms with Gasteiger partial charge in [0.25, 0.3) is 17.6 Å². The molecule has 3 aromatic carbocycles. The summed E-state index contributed by atoms with van der Waals surface area (Å²) in [6.07, 6.45) is 2.45. The molecule has 0 spiro atoms. The number of aryl methyl sites for hydroxylation is 1. The summed E-state index contributed by atoms with van der Waals surface area (Å²) in [5.74, 6) is -2.00. The van der Waals surface area contributed by atoms with Crippen molar-refractivity contribution in [2.45, 2.75) is 24.7 Å². The van der Waals surface area contributed by atoms with Crippen LogP contribution in [0.4, 0.5) is 4.79 Å². The Morgan fingerprint density at radius 1 is 0.649 bits per heavy atom. The van der Waals surface area contributed by atoms with Gasteiger partial charge in [0, 0.05) is 5.56 Å². The molecule has 0 unspecified atom stereocenters. The van der Waals surface area contributed by atoms with Gasteiger partial charge in [-0.1, -0.05) is 84.9 Å². The number of hydrogen-bond donors (Lipinski definition) is 2. The number of esters is 1. The van der Waals surface area contributed by atoms with E-state index in [1.165, 1.54) is 0 Å². The average Bonchev–Trinajstić information content (AvgIpc) is 3.07. The second kappa shape index (κ2) is 9.66. The summed E-state index contributed by atoms with van der Waals surface area (Å²) in [6.45, 7) is 0. The highest BCUT2D eigenvalue weighted by Gasteiger charge is 2.53. The summed E-state index contributed by atoms with van der Waals surface area (Å²) in [5.41, 5.74) is 2.06. The normalized spacial score (nSPS) is 17.9. The molecule has 1 fully saturated rings. The number of carbonyl (C=O) groups is 5. The van der Waals surface area contributed by atoms with Gasteiger partial charge < -0.3 is 4.74 Å². The fourth-order valence-electron chi connectivity index (χ4n) is 4.88. The Hall–Kier alpha value is -4.85. The summed E-state index contributed by atoms with van der Waals surface area (Å²) < 4.78 is 5.08. The molecule has 8 heteroatoms. The van der Waals surface area contributed by atoms with Crippen LogP contribution < -0.4 is 10.6 Å². The minimum atomic E-state index is -1.56. The van der Waals surface area contributed by atoms with Crippen molar-refractivity contribution >= 4 is 35.4 Å². The van der Waals surface area contributed by atoms with E-state index in [2.05, 4.69) is 10.6 Å². The van der Waals surface area contributed by atoms with Gasteiger partial charge in [-0.05, 0) is 36.0 Å². The van der Waals surface area contributed by atoms with E-state index < -0.39 is 35.0 Å². The Morgan fingerprint density at radius 2 is 1.19 bits per heavy atom. The molecular weight excluding hydrogens is 472 g/mol. The van der Waals surface area contributed by atoms with Crippen molar-refractivity contribution < 1.29 is 28.7 Å². The Balaban J connectivity index is 0.000000157. The van der Waals surface area contributed by atoms with Gasteiger partial charge >= 0.3 is 12.0 Å². The van der Waals surface area contributed by atoms with Crippen molar-refractivity contribution in [2.24, 2.45) is 0 Å². The van der Waals surface area contributed by atoms with E-state index in [1.807, 2.05) is 24.3 Å². The molecule has 37 heavy (non-hydrogen) atoms. The molecular formula is C29H22N2O6. The van der Waals surface area contributed by atoms with E-state index >= 15 is 0 Å². The lowest BCUT2D eigenvalue weighted by molar-refractivity contribution is -0.145. The molecule has 1 aliphatic carbocycles. The number of amides is 4. The number of urea groups is 1. The predicted octanol–water partition coefficient (Wildman–Crippen LogP) is 3.20. The van der Waals surface area contributed by atoms with E-state index in [0.29, 0.717) is 28.9 Å². The number of nitrogens with one attached hydrogen (secondary N) is 2. The number of barbiturate groups is 1. The van der Waals surface area contributed by atoms with Crippen LogP contribution >= 0.6 is 0 Å². The second-order valence-electron chi connectivity index (χ2n) is 8.76. The Kier molecular flexibility index (Phi) is 6.23. The van der Waals surface area contributed by atoms with Crippen LogP contribution in [-0.2, 0) is 35.8 Å². The molecule has 4 amide bonds. The lowest BCUT2D eigenvalue weighted by atomic mass is 9.72. The first-order valence-electron chi connectivity index (χ1n) is 11.8. The van der Waals surface area contributed by atoms with Gasteiger partial charge in [-0.3, -0.25) is 25.0 Å². The lowest BCUT2D eigenvalue weighted by Crippen LogP contribution is -2.65. The smallest absolute Gasteiger partial charge is 0.384 e. The maximum Gasteiger partial charge on any atom is 0.384 e. The van der Waals surface area contributed by atoms with E-state index in [9.17, 15) is 24.0 Å². The summed E-state index contributed by atoms with van der Waals surface area (Å²) in [4.78, 5) is 59.3. The van der Waals surface area contributed by atoms with Crippen molar-refractivity contribution in [3.05, 3.63) is 113 Å². The summed E-state index contributed by atoms with van der Waals surface area (Å²) in [6, 6.07) is 24.3. The number of ether oxygens (including phenoxy) is 1. The zero-order valence-corrected chi connectivity index (χ0v) is 19.7. The first kappa shape index (κ1) is 23.9. The third kappa shape index (κ3) is 4.12. The predicted molar refractivity (Wildman–Crippen MR) is 133 cm³/mol. The van der Waals surface area contributed by atoms with Crippen molar-refractivity contribution in [2.75, 3.05) is 0 Å². The van der Waals surface area contributed by atoms with Gasteiger partial charge in [0.05, 0.1) is 5.57 Å². The SMILES string of the molecule is O=C1NC(=O)C(c2ccccc2)(c2ccccc2)C(=O)N1.O=C1OC2=C(CCCc3ccccc32)C1=O. The Labute approximate surface area is 212 Å². The molecule has 2 heterocycles. The van der Waals surface area contributed by atoms with Crippen LogP contribution in [-0.4, -0.2) is 29.6 Å². The second-order valence-corrected chi connectivity index (χ2v) is 8.76. The molecule has 1 saturated heterocycles. The molecule has 0 bridgehead atoms. The molecule has 2 aliphatic heterocycles. The number of benzene rings is 3. The molecule has 6 rings (SSSR count). The number of ketones is 1. The van der Waals surface area contributed by atoms with E-state index in [0.717, 1.165) is 24.0 Å². The molecule has 8 nitrogen and oxygen atoms in total. The zero-order chi connectivity index (χ0) is 26.0. The summed E-state index contributed by atoms with van der Waals surface area (Å²) in [5, 5.41) is 4.38. The molecule has 0 saturated carbocycles. The molecule has 184 valence electrons. The van der Waals surface area contributed by atoms with Gasteiger partial charge in [-0.15, -0.1) is 0 Å². The van der Waals surface area contributed by atoms with E-state index in [4.69, 9.17) is 4.74 Å². The first-order chi connectivity index (χ1) is 17.9. The van der Waals surface area contributed by atoms with Crippen LogP contribution in [0, 0.1) is 0 Å². The minimum absolute atomic E-state index is 0.466. The maximum absolute atomic E-state index is 12.5. The number of rotatable bonds is 2. The van der Waals surface area contributed by atoms with Crippen molar-refractivity contribution in [1.29, 1.82) is 0 Å². The van der Waals surface area contributed by atoms with Gasteiger partial charge in [0.15, 0.2) is 5.41 Å². The van der Waals surface area contributed by atoms with Crippen LogP contribution in [0.1, 0.15) is 35.1 Å². The molecule has 0 atom stereocenters. The molecule has 0 aromatic heterocycles. The third-order valence-corrected chi connectivity index (χ3v) is 6.61. The van der Waals surface area contributed by atoms with Crippen LogP contribution in [0.5, 0.6) is 0 Å². The fraction of sp³-hybridized carbons (Fsp3) is 0.138. The molecule has 0 radical (unpaired) electrons. The number of Topliss-reactive ketones (excluding diaryl/α,β-unsaturated/α-hetero) is 1. The van der Waals surface area contributed by atoms with Crippen LogP contribution in [0.3, 0.4) is 0 Å². The van der Waals surface area contributed by atoms with Gasteiger partial charge in [0.2, 0.25) is 0 Å². The highest BCUT2D eigenvalue weighted by Crippen LogP contribution is 2.36. The molecule has 3 aromatic rings. The monoisotopic (exact) mass is 494 g/mol. The van der Waals surface area contributed by atoms with Crippen LogP contribution in [0.25, 0.3) is 5.76 Å². The molecule has 2 N–H and O–H groups in total. The minimum Gasteiger partial charge on any atom is -0.419 e. The highest BCUT2D eigenvalue weighted by molar-refractivity contribution is 6.45. The zero-order valence-electron chi connectivity index (χ0n) is 19.7. The van der Waals surface area contributed by atoms with Gasteiger partial charge in [-0.25, -0.2) is 9.59 Å². The van der Waals surface area contributed by atoms with E-state index in [-0.39, 0.29) is 0 Å². The lowest BCUT2D eigenvalue weighted by Gasteiger charge is -2.34. The molecule has 3 aliphatic rings. The van der Waals surface area contributed by atoms with Crippen LogP contribution in [0.2, 0.25) is 0 Å². The van der Waals surface area contributed by atoms with Crippen molar-refractivity contribution in [3.63, 3.8) is 0 Å². The number of hydrogen-bond acceptors (Lipinski definition) is 6. The number of imide groups is 2. The topological polar surface area (TPSA) is 119 Å². The Bertz CT molecular complexity index is 1400. The Morgan fingerprint density at radius 3 is 1.78 bits per heavy atom. The quantitative estimate of drug-likeness (QED) is 0.321. The van der Waals surface area contributed by atoms with Crippen molar-refractivity contribution in [3.8, 4) is 0 Å². The van der Waals surface area contributed by atoms with E-state index in [1.54, 1.807) is 60.7 Å². The fourth-order valence-corrected chi connectivity index (χ4v) is 4.88. The van der Waals surface area contributed by atoms with Crippen molar-refractivity contribution in [1.82, 2.24) is 10.6 Å². The maximum atomic E-state index is 12.5. The number of carbonyl (C=O) groups excluding carboxylic acids is 5. The first-order valence-corrected chi connectivity index (χ1v) is 11.8. The summed E-state index contributed by atoms with van der Waals surface area (Å²) >= 11 is 0. The van der Waals surface area contributed by atoms with Gasteiger partial charge in [0.1, 0.15) is 5.76 Å². The highest BCUT2D eigenvalue weighted by atomic mass is 16.5. The van der Waals surface area contributed by atoms with Crippen LogP contribution in [0.15, 0.2) is 90.5 Å². The van der Waals surface area contributed by atoms with Gasteiger partial charge in [-0.2, -0.15) is 0 Å². The standard InChI is InChI=1S/C16H12N2O3.C13H10O3/c19-13-16(11-7-3-1-4-8-11,12-9-5-2-6-10-12)14(20)18-15(21)17-13;14-11-10-7-3-5-8-4-1-2-6-9(8)12(10)16-13(11)15/h1-10H,(H2,17,18,19,20,21);1-2,4,6H,3,5,7H2. The third-order valence-electron chi connectivity index (χ3n) is 6.61. The largest absolute Gasteiger partial charge is 0.419 e. The average molecular weight is 495 g/mol.